The molecule has 0 spiro atoms. The van der Waals surface area contributed by atoms with Gasteiger partial charge < -0.3 is 10.4 Å². The third-order valence-electron chi connectivity index (χ3n) is 1.94. The van der Waals surface area contributed by atoms with Crippen molar-refractivity contribution in [3.05, 3.63) is 18.6 Å². The topological polar surface area (TPSA) is 58.0 Å². The van der Waals surface area contributed by atoms with Gasteiger partial charge >= 0.3 is 0 Å². The average Bonchev–Trinajstić information content (AvgIpc) is 2.54. The van der Waals surface area contributed by atoms with E-state index in [-0.39, 0.29) is 11.4 Å². The van der Waals surface area contributed by atoms with Crippen molar-refractivity contribution in [2.24, 2.45) is 0 Å². The van der Waals surface area contributed by atoms with Gasteiger partial charge in [0.15, 0.2) is 0 Å². The summed E-state index contributed by atoms with van der Waals surface area (Å²) in [6.45, 7) is 1.51. The Morgan fingerprint density at radius 3 is 3.00 bits per heavy atom. The van der Waals surface area contributed by atoms with Gasteiger partial charge in [-0.2, -0.15) is 0 Å². The second-order valence-electron chi connectivity index (χ2n) is 2.93. The van der Waals surface area contributed by atoms with Crippen LogP contribution in [0.4, 0.5) is 0 Å². The van der Waals surface area contributed by atoms with E-state index >= 15 is 0 Å². The number of hydrogen-bond acceptors (Lipinski definition) is 5. The molecule has 1 aliphatic heterocycles. The van der Waals surface area contributed by atoms with E-state index in [0.29, 0.717) is 6.54 Å². The minimum Gasteiger partial charge on any atom is -0.391 e. The maximum absolute atomic E-state index is 9.52. The van der Waals surface area contributed by atoms with Gasteiger partial charge in [-0.15, -0.1) is 0 Å². The van der Waals surface area contributed by atoms with Crippen molar-refractivity contribution in [3.8, 4) is 0 Å². The number of nitrogens with one attached hydrogen (secondary N) is 1. The summed E-state index contributed by atoms with van der Waals surface area (Å²) in [5.74, 6) is 0. The molecular weight excluding hydrogens is 186 g/mol. The number of rotatable bonds is 2. The van der Waals surface area contributed by atoms with E-state index in [4.69, 9.17) is 0 Å². The summed E-state index contributed by atoms with van der Waals surface area (Å²) in [4.78, 5) is 8.10. The van der Waals surface area contributed by atoms with Crippen molar-refractivity contribution in [1.82, 2.24) is 15.3 Å². The Labute approximate surface area is 80.8 Å². The van der Waals surface area contributed by atoms with Gasteiger partial charge in [-0.25, -0.2) is 4.98 Å². The first-order valence-electron chi connectivity index (χ1n) is 4.18. The molecule has 0 amide bonds. The molecule has 0 aromatic carbocycles. The molecule has 0 unspecified atom stereocenters. The summed E-state index contributed by atoms with van der Waals surface area (Å²) >= 11 is 1.57. The lowest BCUT2D eigenvalue weighted by molar-refractivity contribution is 0.201. The van der Waals surface area contributed by atoms with Crippen LogP contribution < -0.4 is 5.32 Å². The highest BCUT2D eigenvalue weighted by Gasteiger charge is 2.25. The summed E-state index contributed by atoms with van der Waals surface area (Å²) in [5, 5.41) is 13.7. The first-order valence-corrected chi connectivity index (χ1v) is 5.05. The van der Waals surface area contributed by atoms with Crippen molar-refractivity contribution in [2.75, 3.05) is 13.1 Å². The molecule has 70 valence electrons. The largest absolute Gasteiger partial charge is 0.391 e. The molecule has 4 nitrogen and oxygen atoms in total. The van der Waals surface area contributed by atoms with E-state index in [2.05, 4.69) is 15.3 Å². The molecular formula is C8H11N3OS. The van der Waals surface area contributed by atoms with Crippen LogP contribution >= 0.6 is 11.8 Å². The number of aliphatic hydroxyl groups is 1. The van der Waals surface area contributed by atoms with Gasteiger partial charge in [0, 0.05) is 25.5 Å². The maximum atomic E-state index is 9.52. The lowest BCUT2D eigenvalue weighted by Crippen LogP contribution is -2.20. The van der Waals surface area contributed by atoms with E-state index < -0.39 is 0 Å². The van der Waals surface area contributed by atoms with Gasteiger partial charge in [-0.05, 0) is 0 Å². The fourth-order valence-electron chi connectivity index (χ4n) is 1.26. The smallest absolute Gasteiger partial charge is 0.115 e. The number of aromatic nitrogens is 2. The summed E-state index contributed by atoms with van der Waals surface area (Å²) < 4.78 is 0. The third kappa shape index (κ3) is 2.18. The summed E-state index contributed by atoms with van der Waals surface area (Å²) in [6, 6.07) is 0. The van der Waals surface area contributed by atoms with Crippen LogP contribution in [-0.4, -0.2) is 39.5 Å². The number of hydrogen-bond donors (Lipinski definition) is 2. The lowest BCUT2D eigenvalue weighted by atomic mass is 10.3. The van der Waals surface area contributed by atoms with Crippen LogP contribution in [0.1, 0.15) is 0 Å². The highest BCUT2D eigenvalue weighted by molar-refractivity contribution is 8.00. The van der Waals surface area contributed by atoms with E-state index in [9.17, 15) is 5.11 Å². The van der Waals surface area contributed by atoms with Gasteiger partial charge in [0.25, 0.3) is 0 Å². The van der Waals surface area contributed by atoms with Gasteiger partial charge in [-0.3, -0.25) is 4.98 Å². The molecule has 0 bridgehead atoms. The first-order chi connectivity index (χ1) is 6.36. The zero-order chi connectivity index (χ0) is 9.10. The van der Waals surface area contributed by atoms with Crippen LogP contribution in [-0.2, 0) is 0 Å². The Balaban J connectivity index is 1.98. The monoisotopic (exact) mass is 197 g/mol. The maximum Gasteiger partial charge on any atom is 0.115 e. The Kier molecular flexibility index (Phi) is 2.77. The van der Waals surface area contributed by atoms with Gasteiger partial charge in [-0.1, -0.05) is 11.8 Å². The molecule has 0 saturated carbocycles. The van der Waals surface area contributed by atoms with Crippen molar-refractivity contribution < 1.29 is 5.11 Å². The van der Waals surface area contributed by atoms with Crippen LogP contribution in [0.25, 0.3) is 0 Å². The minimum absolute atomic E-state index is 0.205. The molecule has 2 atom stereocenters. The number of β-amino-alcohol motifs (C(OH)–C–C–N with tert-alkyl or cyclic N) is 1. The standard InChI is InChI=1S/C8H11N3OS/c12-6-3-10-4-7(6)13-8-5-9-1-2-11-8/h1-2,5-7,10,12H,3-4H2/t6-,7-/m1/s1. The highest BCUT2D eigenvalue weighted by Crippen LogP contribution is 2.24. The van der Waals surface area contributed by atoms with Crippen LogP contribution in [0.2, 0.25) is 0 Å². The molecule has 0 aliphatic carbocycles. The zero-order valence-electron chi connectivity index (χ0n) is 7.05. The molecule has 1 aromatic rings. The van der Waals surface area contributed by atoms with Crippen LogP contribution in [0.15, 0.2) is 23.6 Å². The van der Waals surface area contributed by atoms with E-state index in [1.54, 1.807) is 30.4 Å². The molecule has 0 radical (unpaired) electrons. The van der Waals surface area contributed by atoms with Crippen molar-refractivity contribution in [1.29, 1.82) is 0 Å². The summed E-state index contributed by atoms with van der Waals surface area (Å²) in [5.41, 5.74) is 0. The lowest BCUT2D eigenvalue weighted by Gasteiger charge is -2.10. The fraction of sp³-hybridized carbons (Fsp3) is 0.500. The molecule has 1 aliphatic rings. The van der Waals surface area contributed by atoms with E-state index in [1.165, 1.54) is 0 Å². The fourth-order valence-corrected chi connectivity index (χ4v) is 2.27. The quantitative estimate of drug-likeness (QED) is 0.693. The summed E-state index contributed by atoms with van der Waals surface area (Å²) in [6.07, 6.45) is 4.76. The molecule has 1 fully saturated rings. The first kappa shape index (κ1) is 8.93. The molecule has 1 saturated heterocycles. The highest BCUT2D eigenvalue weighted by atomic mass is 32.2. The third-order valence-corrected chi connectivity index (χ3v) is 3.18. The Bertz CT molecular complexity index is 269. The predicted octanol–water partition coefficient (Wildman–Crippen LogP) is -0.0986. The summed E-state index contributed by atoms with van der Waals surface area (Å²) in [7, 11) is 0. The van der Waals surface area contributed by atoms with Crippen LogP contribution in [0.3, 0.4) is 0 Å². The Hall–Kier alpha value is -0.650. The van der Waals surface area contributed by atoms with Gasteiger partial charge in [0.2, 0.25) is 0 Å². The normalized spacial score (nSPS) is 27.8. The van der Waals surface area contributed by atoms with Crippen molar-refractivity contribution in [2.45, 2.75) is 16.4 Å². The molecule has 2 rings (SSSR count). The SMILES string of the molecule is O[C@@H]1CNC[C@H]1Sc1cnccn1. The molecule has 13 heavy (non-hydrogen) atoms. The Morgan fingerprint density at radius 2 is 2.38 bits per heavy atom. The Morgan fingerprint density at radius 1 is 1.46 bits per heavy atom. The number of thioether (sulfide) groups is 1. The van der Waals surface area contributed by atoms with Crippen molar-refractivity contribution >= 4 is 11.8 Å². The van der Waals surface area contributed by atoms with Crippen molar-refractivity contribution in [3.63, 3.8) is 0 Å². The molecule has 5 heteroatoms. The molecule has 2 N–H and O–H groups in total. The minimum atomic E-state index is -0.271. The molecule has 2 heterocycles. The second kappa shape index (κ2) is 4.04. The van der Waals surface area contributed by atoms with E-state index in [1.807, 2.05) is 0 Å². The van der Waals surface area contributed by atoms with Gasteiger partial charge in [0.1, 0.15) is 5.03 Å². The van der Waals surface area contributed by atoms with E-state index in [0.717, 1.165) is 11.6 Å². The number of nitrogens with zero attached hydrogens (tertiary/aromatic N) is 2. The van der Waals surface area contributed by atoms with Gasteiger partial charge in [0.05, 0.1) is 17.6 Å². The predicted molar refractivity (Wildman–Crippen MR) is 50.6 cm³/mol. The zero-order valence-corrected chi connectivity index (χ0v) is 7.87. The van der Waals surface area contributed by atoms with Crippen LogP contribution in [0.5, 0.6) is 0 Å². The molecule has 1 aromatic heterocycles. The van der Waals surface area contributed by atoms with Crippen LogP contribution in [0, 0.1) is 0 Å². The average molecular weight is 197 g/mol. The second-order valence-corrected chi connectivity index (χ2v) is 4.19. The number of aliphatic hydroxyl groups excluding tert-OH is 1.